The van der Waals surface area contributed by atoms with E-state index in [9.17, 15) is 4.79 Å². The number of rotatable bonds is 8. The van der Waals surface area contributed by atoms with E-state index in [0.29, 0.717) is 13.0 Å². The zero-order valence-electron chi connectivity index (χ0n) is 17.8. The maximum absolute atomic E-state index is 13.1. The largest absolute Gasteiger partial charge is 0.354 e. The average molecular weight is 412 g/mol. The first-order valence-electron chi connectivity index (χ1n) is 10.4. The van der Waals surface area contributed by atoms with E-state index >= 15 is 0 Å². The second kappa shape index (κ2) is 9.45. The normalized spacial score (nSPS) is 12.3. The van der Waals surface area contributed by atoms with Crippen LogP contribution in [0.4, 0.5) is 0 Å². The van der Waals surface area contributed by atoms with Crippen molar-refractivity contribution in [3.05, 3.63) is 63.9 Å². The summed E-state index contributed by atoms with van der Waals surface area (Å²) < 4.78 is 2.14. The third-order valence-electron chi connectivity index (χ3n) is 5.41. The molecule has 0 radical (unpaired) electrons. The van der Waals surface area contributed by atoms with Crippen LogP contribution < -0.4 is 5.32 Å². The van der Waals surface area contributed by atoms with Crippen molar-refractivity contribution in [1.29, 1.82) is 0 Å². The van der Waals surface area contributed by atoms with Crippen molar-refractivity contribution in [1.82, 2.24) is 14.9 Å². The molecule has 29 heavy (non-hydrogen) atoms. The van der Waals surface area contributed by atoms with Gasteiger partial charge in [-0.3, -0.25) is 4.79 Å². The van der Waals surface area contributed by atoms with Crippen LogP contribution in [0.3, 0.4) is 0 Å². The molecule has 0 saturated carbocycles. The highest BCUT2D eigenvalue weighted by molar-refractivity contribution is 6.31. The minimum absolute atomic E-state index is 0.0617. The predicted molar refractivity (Wildman–Crippen MR) is 121 cm³/mol. The van der Waals surface area contributed by atoms with Gasteiger partial charge >= 0.3 is 0 Å². The summed E-state index contributed by atoms with van der Waals surface area (Å²) in [5.74, 6) is 0.940. The number of benzene rings is 2. The molecular formula is C24H30ClN3O. The van der Waals surface area contributed by atoms with Crippen LogP contribution in [-0.4, -0.2) is 22.0 Å². The van der Waals surface area contributed by atoms with Crippen molar-refractivity contribution in [3.8, 4) is 0 Å². The fourth-order valence-electron chi connectivity index (χ4n) is 3.70. The molecule has 1 unspecified atom stereocenters. The summed E-state index contributed by atoms with van der Waals surface area (Å²) in [6, 6.07) is 11.8. The molecule has 0 spiro atoms. The molecule has 0 aliphatic heterocycles. The molecule has 1 atom stereocenters. The number of nitrogens with zero attached hydrogens (tertiary/aromatic N) is 2. The van der Waals surface area contributed by atoms with E-state index in [1.807, 2.05) is 24.3 Å². The topological polar surface area (TPSA) is 46.9 Å². The number of aromatic nitrogens is 2. The van der Waals surface area contributed by atoms with Crippen LogP contribution in [0.1, 0.15) is 61.7 Å². The maximum Gasteiger partial charge on any atom is 0.243 e. The van der Waals surface area contributed by atoms with Crippen LogP contribution in [0.5, 0.6) is 0 Å². The quantitative estimate of drug-likeness (QED) is 0.511. The van der Waals surface area contributed by atoms with Crippen LogP contribution in [0.25, 0.3) is 11.0 Å². The number of hydrogen-bond donors (Lipinski definition) is 1. The van der Waals surface area contributed by atoms with Gasteiger partial charge in [-0.25, -0.2) is 4.98 Å². The van der Waals surface area contributed by atoms with E-state index in [-0.39, 0.29) is 11.9 Å². The minimum atomic E-state index is -0.281. The van der Waals surface area contributed by atoms with E-state index in [4.69, 9.17) is 16.6 Å². The summed E-state index contributed by atoms with van der Waals surface area (Å²) in [5.41, 5.74) is 5.37. The summed E-state index contributed by atoms with van der Waals surface area (Å²) in [4.78, 5) is 18.0. The van der Waals surface area contributed by atoms with Gasteiger partial charge in [0.2, 0.25) is 5.91 Å². The molecule has 154 valence electrons. The van der Waals surface area contributed by atoms with Crippen LogP contribution in [-0.2, 0) is 11.2 Å². The van der Waals surface area contributed by atoms with E-state index in [1.165, 1.54) is 11.1 Å². The molecule has 1 amide bonds. The van der Waals surface area contributed by atoms with Crippen molar-refractivity contribution in [2.45, 2.75) is 59.4 Å². The molecule has 0 saturated heterocycles. The number of hydrogen-bond acceptors (Lipinski definition) is 2. The van der Waals surface area contributed by atoms with Crippen LogP contribution >= 0.6 is 11.6 Å². The Kier molecular flexibility index (Phi) is 6.96. The lowest BCUT2D eigenvalue weighted by atomic mass is 10.1. The number of nitrogens with one attached hydrogen (secondary N) is 1. The van der Waals surface area contributed by atoms with Crippen LogP contribution in [0.15, 0.2) is 36.4 Å². The van der Waals surface area contributed by atoms with Crippen molar-refractivity contribution in [3.63, 3.8) is 0 Å². The number of imidazole rings is 1. The Hall–Kier alpha value is -2.33. The zero-order valence-corrected chi connectivity index (χ0v) is 18.5. The molecule has 1 aromatic heterocycles. The third kappa shape index (κ3) is 4.64. The summed E-state index contributed by atoms with van der Waals surface area (Å²) >= 11 is 6.43. The summed E-state index contributed by atoms with van der Waals surface area (Å²) in [7, 11) is 0. The maximum atomic E-state index is 13.1. The molecule has 0 fully saturated rings. The highest BCUT2D eigenvalue weighted by atomic mass is 35.5. The third-order valence-corrected chi connectivity index (χ3v) is 5.78. The van der Waals surface area contributed by atoms with Gasteiger partial charge < -0.3 is 9.88 Å². The van der Waals surface area contributed by atoms with Crippen molar-refractivity contribution in [2.24, 2.45) is 0 Å². The fraction of sp³-hybridized carbons (Fsp3) is 0.417. The van der Waals surface area contributed by atoms with Gasteiger partial charge in [0, 0.05) is 18.0 Å². The summed E-state index contributed by atoms with van der Waals surface area (Å²) in [6.07, 6.45) is 3.19. The molecule has 1 N–H and O–H groups in total. The van der Waals surface area contributed by atoms with Crippen molar-refractivity contribution >= 4 is 28.5 Å². The monoisotopic (exact) mass is 411 g/mol. The highest BCUT2D eigenvalue weighted by Crippen LogP contribution is 2.29. The van der Waals surface area contributed by atoms with Gasteiger partial charge in [0.1, 0.15) is 11.9 Å². The molecule has 4 nitrogen and oxygen atoms in total. The Bertz CT molecular complexity index is 1010. The van der Waals surface area contributed by atoms with Gasteiger partial charge in [-0.05, 0) is 61.6 Å². The smallest absolute Gasteiger partial charge is 0.243 e. The number of carbonyl (C=O) groups excluding carboxylic acids is 1. The number of amides is 1. The van der Waals surface area contributed by atoms with Crippen LogP contribution in [0.2, 0.25) is 5.02 Å². The molecular weight excluding hydrogens is 382 g/mol. The van der Waals surface area contributed by atoms with Gasteiger partial charge in [-0.2, -0.15) is 0 Å². The molecule has 5 heteroatoms. The molecule has 0 aliphatic rings. The second-order valence-electron chi connectivity index (χ2n) is 7.69. The van der Waals surface area contributed by atoms with Gasteiger partial charge in [0.15, 0.2) is 0 Å². The van der Waals surface area contributed by atoms with Crippen molar-refractivity contribution in [2.75, 3.05) is 6.54 Å². The van der Waals surface area contributed by atoms with Crippen LogP contribution in [0, 0.1) is 13.8 Å². The lowest BCUT2D eigenvalue weighted by molar-refractivity contribution is -0.124. The molecule has 1 heterocycles. The average Bonchev–Trinajstić information content (AvgIpc) is 3.02. The predicted octanol–water partition coefficient (Wildman–Crippen LogP) is 5.76. The molecule has 3 aromatic rings. The molecule has 0 bridgehead atoms. The van der Waals surface area contributed by atoms with Gasteiger partial charge in [-0.1, -0.05) is 50.1 Å². The first-order chi connectivity index (χ1) is 14.0. The highest BCUT2D eigenvalue weighted by Gasteiger charge is 2.25. The Morgan fingerprint density at radius 3 is 2.55 bits per heavy atom. The Labute approximate surface area is 178 Å². The second-order valence-corrected chi connectivity index (χ2v) is 8.09. The number of fused-ring (bicyclic) bond motifs is 1. The lowest BCUT2D eigenvalue weighted by Gasteiger charge is -2.21. The van der Waals surface area contributed by atoms with E-state index in [1.54, 1.807) is 0 Å². The minimum Gasteiger partial charge on any atom is -0.354 e. The van der Waals surface area contributed by atoms with Crippen molar-refractivity contribution < 1.29 is 4.79 Å². The SMILES string of the molecule is CCCNC(=O)C(CCC)n1c(Cc2ccccc2Cl)nc2cc(C)c(C)cc21. The fourth-order valence-corrected chi connectivity index (χ4v) is 3.90. The Balaban J connectivity index is 2.16. The molecule has 3 rings (SSSR count). The van der Waals surface area contributed by atoms with E-state index < -0.39 is 0 Å². The Morgan fingerprint density at radius 1 is 1.14 bits per heavy atom. The Morgan fingerprint density at radius 2 is 1.86 bits per heavy atom. The molecule has 2 aromatic carbocycles. The summed E-state index contributed by atoms with van der Waals surface area (Å²) in [5, 5.41) is 3.81. The first kappa shape index (κ1) is 21.4. The van der Waals surface area contributed by atoms with E-state index in [0.717, 1.165) is 46.7 Å². The van der Waals surface area contributed by atoms with E-state index in [2.05, 4.69) is 49.7 Å². The van der Waals surface area contributed by atoms with Gasteiger partial charge in [-0.15, -0.1) is 0 Å². The number of halogens is 1. The summed E-state index contributed by atoms with van der Waals surface area (Å²) in [6.45, 7) is 9.06. The number of aryl methyl sites for hydroxylation is 2. The zero-order chi connectivity index (χ0) is 21.0. The number of carbonyl (C=O) groups is 1. The molecule has 0 aliphatic carbocycles. The lowest BCUT2D eigenvalue weighted by Crippen LogP contribution is -2.33. The van der Waals surface area contributed by atoms with Gasteiger partial charge in [0.05, 0.1) is 11.0 Å². The standard InChI is InChI=1S/C24H30ClN3O/c1-5-9-21(24(29)26-12-6-2)28-22-14-17(4)16(3)13-20(22)27-23(28)15-18-10-7-8-11-19(18)25/h7-8,10-11,13-14,21H,5-6,9,12,15H2,1-4H3,(H,26,29). The first-order valence-corrected chi connectivity index (χ1v) is 10.8. The van der Waals surface area contributed by atoms with Gasteiger partial charge in [0.25, 0.3) is 0 Å².